The smallest absolute Gasteiger partial charge is 0.144 e. The van der Waals surface area contributed by atoms with Crippen LogP contribution >= 0.6 is 23.2 Å². The van der Waals surface area contributed by atoms with Crippen LogP contribution in [-0.4, -0.2) is 22.7 Å². The molecule has 3 nitrogen and oxygen atoms in total. The molecule has 1 aliphatic rings. The lowest BCUT2D eigenvalue weighted by atomic mass is 10.2. The van der Waals surface area contributed by atoms with Gasteiger partial charge in [-0.05, 0) is 25.3 Å². The monoisotopic (exact) mass is 301 g/mol. The van der Waals surface area contributed by atoms with Crippen molar-refractivity contribution in [2.75, 3.05) is 18.1 Å². The Balaban J connectivity index is 2.16. The standard InChI is InChI=1S/C13H14Cl2FN3/c14-8-13-17-11-7-10(16)9(15)6-12(11)19(13)18-4-2-1-3-5-18/h6-7H,1-5,8H2. The van der Waals surface area contributed by atoms with Crippen LogP contribution in [0, 0.1) is 5.82 Å². The molecule has 0 amide bonds. The summed E-state index contributed by atoms with van der Waals surface area (Å²) in [5, 5.41) is 2.33. The Morgan fingerprint density at radius 3 is 2.63 bits per heavy atom. The molecule has 19 heavy (non-hydrogen) atoms. The fourth-order valence-electron chi connectivity index (χ4n) is 2.59. The summed E-state index contributed by atoms with van der Waals surface area (Å²) in [6.45, 7) is 1.93. The van der Waals surface area contributed by atoms with E-state index in [1.165, 1.54) is 12.5 Å². The molecule has 1 saturated heterocycles. The van der Waals surface area contributed by atoms with Gasteiger partial charge in [0.15, 0.2) is 0 Å². The SMILES string of the molecule is Fc1cc2nc(CCl)n(N3CCCCC3)c2cc1Cl. The second kappa shape index (κ2) is 5.17. The van der Waals surface area contributed by atoms with Gasteiger partial charge in [0, 0.05) is 19.2 Å². The van der Waals surface area contributed by atoms with Crippen LogP contribution in [0.3, 0.4) is 0 Å². The van der Waals surface area contributed by atoms with Crippen molar-refractivity contribution >= 4 is 34.2 Å². The second-order valence-corrected chi connectivity index (χ2v) is 5.42. The first-order chi connectivity index (χ1) is 9.20. The van der Waals surface area contributed by atoms with Gasteiger partial charge in [-0.3, -0.25) is 0 Å². The van der Waals surface area contributed by atoms with Gasteiger partial charge in [0.25, 0.3) is 0 Å². The number of imidazole rings is 1. The largest absolute Gasteiger partial charge is 0.311 e. The fourth-order valence-corrected chi connectivity index (χ4v) is 2.92. The third kappa shape index (κ3) is 2.28. The first-order valence-corrected chi connectivity index (χ1v) is 7.29. The normalized spacial score (nSPS) is 16.3. The van der Waals surface area contributed by atoms with Crippen LogP contribution in [0.5, 0.6) is 0 Å². The molecule has 0 saturated carbocycles. The summed E-state index contributed by atoms with van der Waals surface area (Å²) in [5.41, 5.74) is 1.42. The zero-order valence-electron chi connectivity index (χ0n) is 10.4. The van der Waals surface area contributed by atoms with Gasteiger partial charge >= 0.3 is 0 Å². The molecule has 1 aliphatic heterocycles. The quantitative estimate of drug-likeness (QED) is 0.789. The van der Waals surface area contributed by atoms with E-state index in [0.717, 1.165) is 37.3 Å². The highest BCUT2D eigenvalue weighted by atomic mass is 35.5. The molecule has 0 aliphatic carbocycles. The molecule has 0 N–H and O–H groups in total. The van der Waals surface area contributed by atoms with Crippen LogP contribution in [-0.2, 0) is 5.88 Å². The van der Waals surface area contributed by atoms with E-state index in [1.54, 1.807) is 6.07 Å². The van der Waals surface area contributed by atoms with E-state index in [4.69, 9.17) is 23.2 Å². The van der Waals surface area contributed by atoms with Gasteiger partial charge in [0.05, 0.1) is 21.9 Å². The molecule has 0 unspecified atom stereocenters. The average molecular weight is 302 g/mol. The Bertz CT molecular complexity index is 605. The van der Waals surface area contributed by atoms with Crippen molar-refractivity contribution in [1.29, 1.82) is 0 Å². The number of fused-ring (bicyclic) bond motifs is 1. The van der Waals surface area contributed by atoms with Crippen LogP contribution in [0.1, 0.15) is 25.1 Å². The van der Waals surface area contributed by atoms with Crippen LogP contribution in [0.15, 0.2) is 12.1 Å². The van der Waals surface area contributed by atoms with Crippen molar-refractivity contribution in [2.45, 2.75) is 25.1 Å². The third-order valence-corrected chi connectivity index (χ3v) is 4.00. The molecule has 6 heteroatoms. The van der Waals surface area contributed by atoms with Gasteiger partial charge < -0.3 is 5.01 Å². The number of benzene rings is 1. The Hall–Kier alpha value is -1.000. The summed E-state index contributed by atoms with van der Waals surface area (Å²) < 4.78 is 15.5. The maximum atomic E-state index is 13.5. The van der Waals surface area contributed by atoms with E-state index in [9.17, 15) is 4.39 Å². The molecular formula is C13H14Cl2FN3. The molecule has 1 fully saturated rings. The van der Waals surface area contributed by atoms with Crippen LogP contribution < -0.4 is 5.01 Å². The summed E-state index contributed by atoms with van der Waals surface area (Å²) >= 11 is 11.8. The highest BCUT2D eigenvalue weighted by Gasteiger charge is 2.19. The molecule has 0 atom stereocenters. The molecule has 1 aromatic carbocycles. The highest BCUT2D eigenvalue weighted by molar-refractivity contribution is 6.31. The van der Waals surface area contributed by atoms with E-state index in [-0.39, 0.29) is 5.02 Å². The number of nitrogens with zero attached hydrogens (tertiary/aromatic N) is 3. The molecule has 2 aromatic rings. The predicted octanol–water partition coefficient (Wildman–Crippen LogP) is 3.69. The summed E-state index contributed by atoms with van der Waals surface area (Å²) in [6.07, 6.45) is 3.54. The van der Waals surface area contributed by atoms with Gasteiger partial charge in [0.1, 0.15) is 11.6 Å². The predicted molar refractivity (Wildman–Crippen MR) is 76.1 cm³/mol. The molecule has 1 aromatic heterocycles. The minimum Gasteiger partial charge on any atom is -0.311 e. The zero-order valence-corrected chi connectivity index (χ0v) is 11.9. The van der Waals surface area contributed by atoms with Gasteiger partial charge in [0.2, 0.25) is 0 Å². The van der Waals surface area contributed by atoms with E-state index >= 15 is 0 Å². The number of rotatable bonds is 2. The first kappa shape index (κ1) is 13.0. The number of aromatic nitrogens is 2. The Kier molecular flexibility index (Phi) is 3.54. The lowest BCUT2D eigenvalue weighted by molar-refractivity contribution is 0.478. The number of alkyl halides is 1. The molecule has 102 valence electrons. The topological polar surface area (TPSA) is 21.1 Å². The third-order valence-electron chi connectivity index (χ3n) is 3.47. The van der Waals surface area contributed by atoms with Crippen LogP contribution in [0.2, 0.25) is 5.02 Å². The van der Waals surface area contributed by atoms with E-state index in [1.807, 2.05) is 4.68 Å². The molecule has 0 radical (unpaired) electrons. The maximum absolute atomic E-state index is 13.5. The molecule has 0 spiro atoms. The van der Waals surface area contributed by atoms with Gasteiger partial charge in [-0.1, -0.05) is 11.6 Å². The lowest BCUT2D eigenvalue weighted by Crippen LogP contribution is -2.39. The number of hydrogen-bond acceptors (Lipinski definition) is 2. The second-order valence-electron chi connectivity index (χ2n) is 4.74. The van der Waals surface area contributed by atoms with Crippen molar-refractivity contribution in [3.05, 3.63) is 28.8 Å². The van der Waals surface area contributed by atoms with E-state index < -0.39 is 5.82 Å². The highest BCUT2D eigenvalue weighted by Crippen LogP contribution is 2.25. The average Bonchev–Trinajstić information content (AvgIpc) is 2.78. The molecule has 0 bridgehead atoms. The van der Waals surface area contributed by atoms with E-state index in [0.29, 0.717) is 11.4 Å². The summed E-state index contributed by atoms with van der Waals surface area (Å²) in [5.74, 6) is 0.587. The maximum Gasteiger partial charge on any atom is 0.144 e. The van der Waals surface area contributed by atoms with Crippen molar-refractivity contribution in [2.24, 2.45) is 0 Å². The molecular weight excluding hydrogens is 288 g/mol. The number of halogens is 3. The molecule has 3 rings (SSSR count). The van der Waals surface area contributed by atoms with Crippen molar-refractivity contribution < 1.29 is 4.39 Å². The van der Waals surface area contributed by atoms with E-state index in [2.05, 4.69) is 9.99 Å². The Morgan fingerprint density at radius 1 is 1.21 bits per heavy atom. The van der Waals surface area contributed by atoms with Crippen molar-refractivity contribution in [1.82, 2.24) is 9.66 Å². The number of hydrogen-bond donors (Lipinski definition) is 0. The Labute approximate surface area is 120 Å². The van der Waals surface area contributed by atoms with Gasteiger partial charge in [-0.2, -0.15) is 0 Å². The van der Waals surface area contributed by atoms with Gasteiger partial charge in [-0.25, -0.2) is 14.1 Å². The summed E-state index contributed by atoms with van der Waals surface area (Å²) in [4.78, 5) is 4.40. The molecule has 2 heterocycles. The summed E-state index contributed by atoms with van der Waals surface area (Å²) in [7, 11) is 0. The lowest BCUT2D eigenvalue weighted by Gasteiger charge is -2.31. The van der Waals surface area contributed by atoms with Crippen LogP contribution in [0.25, 0.3) is 11.0 Å². The zero-order chi connectivity index (χ0) is 13.4. The number of piperidine rings is 1. The van der Waals surface area contributed by atoms with Crippen LogP contribution in [0.4, 0.5) is 4.39 Å². The van der Waals surface area contributed by atoms with Crippen molar-refractivity contribution in [3.63, 3.8) is 0 Å². The Morgan fingerprint density at radius 2 is 1.95 bits per heavy atom. The minimum absolute atomic E-state index is 0.117. The van der Waals surface area contributed by atoms with Crippen molar-refractivity contribution in [3.8, 4) is 0 Å². The first-order valence-electron chi connectivity index (χ1n) is 6.38. The summed E-state index contributed by atoms with van der Waals surface area (Å²) in [6, 6.07) is 3.00. The minimum atomic E-state index is -0.446. The fraction of sp³-hybridized carbons (Fsp3) is 0.462. The van der Waals surface area contributed by atoms with Gasteiger partial charge in [-0.15, -0.1) is 11.6 Å².